The Morgan fingerprint density at radius 2 is 1.59 bits per heavy atom. The molecule has 0 saturated heterocycles. The molecule has 3 aromatic rings. The van der Waals surface area contributed by atoms with Gasteiger partial charge in [-0.3, -0.25) is 13.9 Å². The van der Waals surface area contributed by atoms with Crippen molar-refractivity contribution in [1.82, 2.24) is 0 Å². The maximum absolute atomic E-state index is 11.9. The number of phenols is 1. The van der Waals surface area contributed by atoms with Gasteiger partial charge in [-0.15, -0.1) is 10.2 Å². The molecule has 0 bridgehead atoms. The van der Waals surface area contributed by atoms with E-state index in [2.05, 4.69) is 15.5 Å². The number of nitrogens with two attached hydrogens (primary N) is 1. The van der Waals surface area contributed by atoms with Crippen LogP contribution in [0.25, 0.3) is 10.8 Å². The molecule has 0 aromatic heterocycles. The van der Waals surface area contributed by atoms with Gasteiger partial charge >= 0.3 is 0 Å². The van der Waals surface area contributed by atoms with E-state index in [1.54, 1.807) is 0 Å². The molecule has 168 valence electrons. The number of nitrogens with one attached hydrogen (secondary N) is 1. The van der Waals surface area contributed by atoms with Crippen molar-refractivity contribution in [2.75, 3.05) is 11.1 Å². The van der Waals surface area contributed by atoms with E-state index in [0.29, 0.717) is 5.69 Å². The van der Waals surface area contributed by atoms with Crippen molar-refractivity contribution in [3.8, 4) is 5.75 Å². The van der Waals surface area contributed by atoms with Crippen molar-refractivity contribution < 1.29 is 35.8 Å². The zero-order valence-corrected chi connectivity index (χ0v) is 17.8. The van der Waals surface area contributed by atoms with Crippen molar-refractivity contribution in [3.63, 3.8) is 0 Å². The van der Waals surface area contributed by atoms with Crippen molar-refractivity contribution in [2.24, 2.45) is 10.2 Å². The molecule has 0 aliphatic heterocycles. The number of carbonyl (C=O) groups is 1. The minimum absolute atomic E-state index is 0.0644. The molecule has 32 heavy (non-hydrogen) atoms. The van der Waals surface area contributed by atoms with E-state index in [1.807, 2.05) is 0 Å². The van der Waals surface area contributed by atoms with Crippen LogP contribution >= 0.6 is 0 Å². The first kappa shape index (κ1) is 23.1. The molecule has 14 heteroatoms. The number of hydrogen-bond acceptors (Lipinski definition) is 9. The van der Waals surface area contributed by atoms with E-state index < -0.39 is 47.2 Å². The highest BCUT2D eigenvalue weighted by Gasteiger charge is 2.23. The number of nitrogens with zero attached hydrogens (tertiary/aromatic N) is 2. The summed E-state index contributed by atoms with van der Waals surface area (Å²) in [5, 5.41) is 20.6. The second kappa shape index (κ2) is 8.16. The minimum Gasteiger partial charge on any atom is -0.505 e. The lowest BCUT2D eigenvalue weighted by Gasteiger charge is -2.10. The number of anilines is 2. The molecule has 3 rings (SSSR count). The Hall–Kier alpha value is -3.59. The van der Waals surface area contributed by atoms with Gasteiger partial charge in [0.25, 0.3) is 20.2 Å². The van der Waals surface area contributed by atoms with Crippen LogP contribution in [0.5, 0.6) is 5.75 Å². The van der Waals surface area contributed by atoms with E-state index in [0.717, 1.165) is 18.2 Å². The molecular formula is C18H16N4O8S2. The van der Waals surface area contributed by atoms with Crippen molar-refractivity contribution >= 4 is 59.7 Å². The quantitative estimate of drug-likeness (QED) is 0.206. The van der Waals surface area contributed by atoms with Crippen LogP contribution in [-0.2, 0) is 25.0 Å². The maximum Gasteiger partial charge on any atom is 0.296 e. The molecule has 0 aliphatic carbocycles. The van der Waals surface area contributed by atoms with Gasteiger partial charge in [-0.2, -0.15) is 16.8 Å². The van der Waals surface area contributed by atoms with Crippen LogP contribution in [0, 0.1) is 0 Å². The number of carbonyl (C=O) groups excluding carboxylic acids is 1. The van der Waals surface area contributed by atoms with Crippen LogP contribution in [0.1, 0.15) is 6.92 Å². The Morgan fingerprint density at radius 1 is 0.938 bits per heavy atom. The third kappa shape index (κ3) is 4.83. The van der Waals surface area contributed by atoms with E-state index in [-0.39, 0.29) is 22.4 Å². The van der Waals surface area contributed by atoms with E-state index in [9.17, 15) is 35.8 Å². The number of aromatic hydroxyl groups is 1. The molecule has 0 atom stereocenters. The number of hydrogen-bond donors (Lipinski definition) is 5. The highest BCUT2D eigenvalue weighted by atomic mass is 32.2. The molecule has 0 aliphatic rings. The molecule has 0 unspecified atom stereocenters. The fourth-order valence-electron chi connectivity index (χ4n) is 2.86. The van der Waals surface area contributed by atoms with Crippen molar-refractivity contribution in [2.45, 2.75) is 16.7 Å². The summed E-state index contributed by atoms with van der Waals surface area (Å²) >= 11 is 0. The molecular weight excluding hydrogens is 464 g/mol. The fourth-order valence-corrected chi connectivity index (χ4v) is 4.12. The summed E-state index contributed by atoms with van der Waals surface area (Å²) in [6, 6.07) is 8.36. The largest absolute Gasteiger partial charge is 0.505 e. The van der Waals surface area contributed by atoms with Crippen molar-refractivity contribution in [3.05, 3.63) is 42.5 Å². The summed E-state index contributed by atoms with van der Waals surface area (Å²) in [7, 11) is -9.65. The van der Waals surface area contributed by atoms with Gasteiger partial charge in [-0.1, -0.05) is 0 Å². The minimum atomic E-state index is -4.93. The first-order chi connectivity index (χ1) is 14.8. The molecule has 0 saturated carbocycles. The summed E-state index contributed by atoms with van der Waals surface area (Å²) in [4.78, 5) is 9.75. The Bertz CT molecular complexity index is 1500. The number of azo groups is 1. The standard InChI is InChI=1S/C18H16N4O8S2/c1-9(23)20-12-3-4-13-10(6-12)7-16(32(28,29)30)17(18(13)24)22-21-14-8-11(19)2-5-15(14)31(25,26)27/h2-8,24H,19H2,1H3,(H,20,23)(H,25,26,27)(H,28,29,30). The predicted octanol–water partition coefficient (Wildman–Crippen LogP) is 2.99. The second-order valence-corrected chi connectivity index (χ2v) is 9.35. The molecule has 0 heterocycles. The number of amides is 1. The van der Waals surface area contributed by atoms with Gasteiger partial charge in [0, 0.05) is 23.7 Å². The lowest BCUT2D eigenvalue weighted by atomic mass is 10.1. The zero-order chi connectivity index (χ0) is 23.8. The zero-order valence-electron chi connectivity index (χ0n) is 16.2. The Morgan fingerprint density at radius 3 is 2.19 bits per heavy atom. The molecule has 0 fully saturated rings. The SMILES string of the molecule is CC(=O)Nc1ccc2c(O)c(N=Nc3cc(N)ccc3S(=O)(=O)O)c(S(=O)(=O)O)cc2c1. The topological polar surface area (TPSA) is 209 Å². The third-order valence-electron chi connectivity index (χ3n) is 4.17. The van der Waals surface area contributed by atoms with Gasteiger partial charge in [0.15, 0.2) is 5.75 Å². The normalized spacial score (nSPS) is 12.3. The van der Waals surface area contributed by atoms with Gasteiger partial charge in [-0.05, 0) is 47.9 Å². The van der Waals surface area contributed by atoms with Crippen LogP contribution in [0.3, 0.4) is 0 Å². The van der Waals surface area contributed by atoms with E-state index >= 15 is 0 Å². The number of rotatable bonds is 5. The number of nitrogen functional groups attached to an aromatic ring is 1. The molecule has 0 spiro atoms. The lowest BCUT2D eigenvalue weighted by Crippen LogP contribution is -2.05. The molecule has 0 radical (unpaired) electrons. The van der Waals surface area contributed by atoms with Crippen LogP contribution in [0.2, 0.25) is 0 Å². The van der Waals surface area contributed by atoms with E-state index in [4.69, 9.17) is 5.73 Å². The fraction of sp³-hybridized carbons (Fsp3) is 0.0556. The highest BCUT2D eigenvalue weighted by molar-refractivity contribution is 7.86. The molecule has 1 amide bonds. The molecule has 3 aromatic carbocycles. The second-order valence-electron chi connectivity index (χ2n) is 6.57. The summed E-state index contributed by atoms with van der Waals surface area (Å²) in [5.74, 6) is -1.07. The van der Waals surface area contributed by atoms with Crippen molar-refractivity contribution in [1.29, 1.82) is 0 Å². The molecule has 6 N–H and O–H groups in total. The number of benzene rings is 3. The number of phenolic OH excluding ortho intramolecular Hbond substituents is 1. The van der Waals surface area contributed by atoms with Crippen LogP contribution < -0.4 is 11.1 Å². The van der Waals surface area contributed by atoms with Crippen LogP contribution in [0.4, 0.5) is 22.7 Å². The third-order valence-corrected chi connectivity index (χ3v) is 5.94. The van der Waals surface area contributed by atoms with Crippen LogP contribution in [0.15, 0.2) is 62.5 Å². The summed E-state index contributed by atoms with van der Waals surface area (Å²) < 4.78 is 65.9. The number of fused-ring (bicyclic) bond motifs is 1. The summed E-state index contributed by atoms with van der Waals surface area (Å²) in [6.07, 6.45) is 0. The smallest absolute Gasteiger partial charge is 0.296 e. The van der Waals surface area contributed by atoms with Gasteiger partial charge in [0.2, 0.25) is 5.91 Å². The monoisotopic (exact) mass is 480 g/mol. The van der Waals surface area contributed by atoms with Gasteiger partial charge in [-0.25, -0.2) is 0 Å². The van der Waals surface area contributed by atoms with Gasteiger partial charge < -0.3 is 16.2 Å². The summed E-state index contributed by atoms with van der Waals surface area (Å²) in [5.41, 5.74) is 4.85. The van der Waals surface area contributed by atoms with E-state index in [1.165, 1.54) is 31.2 Å². The molecule has 12 nitrogen and oxygen atoms in total. The summed E-state index contributed by atoms with van der Waals surface area (Å²) in [6.45, 7) is 1.27. The lowest BCUT2D eigenvalue weighted by molar-refractivity contribution is -0.114. The van der Waals surface area contributed by atoms with Gasteiger partial charge in [0.05, 0.1) is 0 Å². The Kier molecular flexibility index (Phi) is 5.88. The Labute approximate surface area is 181 Å². The Balaban J connectivity index is 2.26. The maximum atomic E-state index is 11.9. The predicted molar refractivity (Wildman–Crippen MR) is 115 cm³/mol. The first-order valence-corrected chi connectivity index (χ1v) is 11.5. The average molecular weight is 480 g/mol. The van der Waals surface area contributed by atoms with Gasteiger partial charge in [0.1, 0.15) is 21.2 Å². The average Bonchev–Trinajstić information content (AvgIpc) is 2.64. The first-order valence-electron chi connectivity index (χ1n) is 8.61. The highest BCUT2D eigenvalue weighted by Crippen LogP contribution is 2.42. The van der Waals surface area contributed by atoms with Crippen LogP contribution in [-0.4, -0.2) is 37.0 Å².